The van der Waals surface area contributed by atoms with Crippen molar-refractivity contribution in [1.29, 1.82) is 5.26 Å². The second kappa shape index (κ2) is 6.73. The Balaban J connectivity index is 2.23. The number of aryl methyl sites for hydroxylation is 1. The molecule has 3 rings (SSSR count). The highest BCUT2D eigenvalue weighted by molar-refractivity contribution is 7.92. The van der Waals surface area contributed by atoms with E-state index in [9.17, 15) is 13.7 Å². The number of rotatable bonds is 4. The van der Waals surface area contributed by atoms with Gasteiger partial charge in [-0.2, -0.15) is 5.26 Å². The fourth-order valence-corrected chi connectivity index (χ4v) is 4.03. The van der Waals surface area contributed by atoms with Gasteiger partial charge in [0.25, 0.3) is 0 Å². The SMILES string of the molecule is Cc1ccc(S(=O)(=O)[C@@H](C#N)c2nc3ccccc3nc2N(C)C)cc1. The lowest BCUT2D eigenvalue weighted by Gasteiger charge is -2.19. The van der Waals surface area contributed by atoms with Crippen molar-refractivity contribution in [3.8, 4) is 6.07 Å². The molecule has 0 saturated carbocycles. The van der Waals surface area contributed by atoms with Gasteiger partial charge in [0.1, 0.15) is 5.69 Å². The molecule has 0 aliphatic heterocycles. The van der Waals surface area contributed by atoms with Gasteiger partial charge >= 0.3 is 0 Å². The summed E-state index contributed by atoms with van der Waals surface area (Å²) in [5, 5.41) is 8.25. The molecule has 0 N–H and O–H groups in total. The topological polar surface area (TPSA) is 86.9 Å². The molecule has 1 atom stereocenters. The number of hydrogen-bond donors (Lipinski definition) is 0. The second-order valence-electron chi connectivity index (χ2n) is 6.18. The minimum Gasteiger partial charge on any atom is -0.361 e. The molecule has 132 valence electrons. The number of para-hydroxylation sites is 2. The van der Waals surface area contributed by atoms with Crippen LogP contribution in [0.5, 0.6) is 0 Å². The minimum atomic E-state index is -3.94. The highest BCUT2D eigenvalue weighted by Crippen LogP contribution is 2.33. The van der Waals surface area contributed by atoms with Crippen LogP contribution < -0.4 is 4.90 Å². The molecule has 2 aromatic carbocycles. The highest BCUT2D eigenvalue weighted by atomic mass is 32.2. The number of nitrogens with zero attached hydrogens (tertiary/aromatic N) is 4. The van der Waals surface area contributed by atoms with Crippen molar-refractivity contribution in [1.82, 2.24) is 9.97 Å². The minimum absolute atomic E-state index is 0.0920. The lowest BCUT2D eigenvalue weighted by Crippen LogP contribution is -2.20. The van der Waals surface area contributed by atoms with Crippen molar-refractivity contribution in [2.75, 3.05) is 19.0 Å². The van der Waals surface area contributed by atoms with E-state index in [4.69, 9.17) is 0 Å². The third-order valence-electron chi connectivity index (χ3n) is 4.03. The lowest BCUT2D eigenvalue weighted by atomic mass is 10.2. The number of fused-ring (bicyclic) bond motifs is 1. The number of benzene rings is 2. The summed E-state index contributed by atoms with van der Waals surface area (Å²) in [4.78, 5) is 10.7. The smallest absolute Gasteiger partial charge is 0.200 e. The molecule has 0 radical (unpaired) electrons. The Kier molecular flexibility index (Phi) is 4.62. The highest BCUT2D eigenvalue weighted by Gasteiger charge is 2.34. The molecule has 0 unspecified atom stereocenters. The van der Waals surface area contributed by atoms with Crippen molar-refractivity contribution >= 4 is 26.7 Å². The Morgan fingerprint density at radius 2 is 1.58 bits per heavy atom. The molecule has 6 nitrogen and oxygen atoms in total. The molecule has 0 aliphatic carbocycles. The average Bonchev–Trinajstić information content (AvgIpc) is 2.61. The molecule has 0 amide bonds. The monoisotopic (exact) mass is 366 g/mol. The molecule has 0 spiro atoms. The van der Waals surface area contributed by atoms with Gasteiger partial charge in [-0.05, 0) is 31.2 Å². The number of hydrogen-bond acceptors (Lipinski definition) is 6. The lowest BCUT2D eigenvalue weighted by molar-refractivity contribution is 0.590. The number of sulfone groups is 1. The fraction of sp³-hybridized carbons (Fsp3) is 0.211. The van der Waals surface area contributed by atoms with Gasteiger partial charge in [0.2, 0.25) is 9.84 Å². The predicted molar refractivity (Wildman–Crippen MR) is 101 cm³/mol. The molecule has 0 fully saturated rings. The summed E-state index contributed by atoms with van der Waals surface area (Å²) in [6.07, 6.45) is 0. The normalized spacial score (nSPS) is 12.5. The summed E-state index contributed by atoms with van der Waals surface area (Å²) >= 11 is 0. The van der Waals surface area contributed by atoms with Crippen LogP contribution in [0.4, 0.5) is 5.82 Å². The van der Waals surface area contributed by atoms with Crippen LogP contribution in [0.3, 0.4) is 0 Å². The molecule has 3 aromatic rings. The first-order valence-electron chi connectivity index (χ1n) is 7.99. The summed E-state index contributed by atoms with van der Waals surface area (Å²) < 4.78 is 26.2. The molecule has 0 aliphatic rings. The van der Waals surface area contributed by atoms with Crippen LogP contribution >= 0.6 is 0 Å². The van der Waals surface area contributed by atoms with E-state index in [1.807, 2.05) is 19.1 Å². The molecular weight excluding hydrogens is 348 g/mol. The summed E-state index contributed by atoms with van der Waals surface area (Å²) in [7, 11) is -0.445. The van der Waals surface area contributed by atoms with Crippen molar-refractivity contribution in [2.24, 2.45) is 0 Å². The third kappa shape index (κ3) is 3.11. The summed E-state index contributed by atoms with van der Waals surface area (Å²) in [5.74, 6) is 0.367. The summed E-state index contributed by atoms with van der Waals surface area (Å²) in [6.45, 7) is 1.87. The molecule has 0 saturated heterocycles. The number of anilines is 1. The predicted octanol–water partition coefficient (Wildman–Crippen LogP) is 3.04. The van der Waals surface area contributed by atoms with Crippen LogP contribution in [0.2, 0.25) is 0 Å². The van der Waals surface area contributed by atoms with E-state index in [1.165, 1.54) is 12.1 Å². The third-order valence-corrected chi connectivity index (χ3v) is 5.91. The van der Waals surface area contributed by atoms with Crippen LogP contribution in [0.15, 0.2) is 53.4 Å². The summed E-state index contributed by atoms with van der Waals surface area (Å²) in [6, 6.07) is 15.5. The van der Waals surface area contributed by atoms with E-state index in [-0.39, 0.29) is 10.6 Å². The van der Waals surface area contributed by atoms with Gasteiger partial charge in [-0.1, -0.05) is 29.8 Å². The zero-order valence-corrected chi connectivity index (χ0v) is 15.5. The van der Waals surface area contributed by atoms with Crippen LogP contribution in [0.1, 0.15) is 16.5 Å². The first kappa shape index (κ1) is 17.8. The second-order valence-corrected chi connectivity index (χ2v) is 8.22. The first-order chi connectivity index (χ1) is 12.3. The van der Waals surface area contributed by atoms with E-state index >= 15 is 0 Å². The van der Waals surface area contributed by atoms with Gasteiger partial charge in [0.05, 0.1) is 22.0 Å². The quantitative estimate of drug-likeness (QED) is 0.705. The van der Waals surface area contributed by atoms with Gasteiger partial charge in [-0.25, -0.2) is 18.4 Å². The Labute approximate surface area is 152 Å². The molecule has 7 heteroatoms. The van der Waals surface area contributed by atoms with Crippen molar-refractivity contribution in [3.63, 3.8) is 0 Å². The van der Waals surface area contributed by atoms with E-state index < -0.39 is 15.1 Å². The molecular formula is C19H18N4O2S. The zero-order chi connectivity index (χ0) is 18.9. The van der Waals surface area contributed by atoms with Gasteiger partial charge in [-0.3, -0.25) is 0 Å². The van der Waals surface area contributed by atoms with E-state index in [2.05, 4.69) is 9.97 Å². The van der Waals surface area contributed by atoms with Gasteiger partial charge in [0.15, 0.2) is 11.1 Å². The standard InChI is InChI=1S/C19H18N4O2S/c1-13-8-10-14(11-9-13)26(24,25)17(12-20)18-19(23(2)3)22-16-7-5-4-6-15(16)21-18/h4-11,17H,1-3H3/t17-/m0/s1. The van der Waals surface area contributed by atoms with E-state index in [0.29, 0.717) is 16.9 Å². The van der Waals surface area contributed by atoms with Crippen molar-refractivity contribution in [2.45, 2.75) is 17.1 Å². The Morgan fingerprint density at radius 3 is 2.12 bits per heavy atom. The fourth-order valence-electron chi connectivity index (χ4n) is 2.65. The molecule has 1 aromatic heterocycles. The Bertz CT molecular complexity index is 1100. The maximum absolute atomic E-state index is 13.1. The Morgan fingerprint density at radius 1 is 1.00 bits per heavy atom. The Hall–Kier alpha value is -2.98. The molecule has 0 bridgehead atoms. The maximum atomic E-state index is 13.1. The van der Waals surface area contributed by atoms with Crippen LogP contribution in [-0.2, 0) is 9.84 Å². The van der Waals surface area contributed by atoms with Crippen molar-refractivity contribution in [3.05, 3.63) is 59.8 Å². The van der Waals surface area contributed by atoms with E-state index in [0.717, 1.165) is 5.56 Å². The largest absolute Gasteiger partial charge is 0.361 e. The average molecular weight is 366 g/mol. The van der Waals surface area contributed by atoms with E-state index in [1.54, 1.807) is 49.3 Å². The molecule has 1 heterocycles. The van der Waals surface area contributed by atoms with Gasteiger partial charge in [-0.15, -0.1) is 0 Å². The van der Waals surface area contributed by atoms with Gasteiger partial charge in [0, 0.05) is 14.1 Å². The first-order valence-corrected chi connectivity index (χ1v) is 9.53. The van der Waals surface area contributed by atoms with Gasteiger partial charge < -0.3 is 4.90 Å². The maximum Gasteiger partial charge on any atom is 0.200 e. The van der Waals surface area contributed by atoms with Crippen LogP contribution in [0.25, 0.3) is 11.0 Å². The van der Waals surface area contributed by atoms with Crippen molar-refractivity contribution < 1.29 is 8.42 Å². The summed E-state index contributed by atoms with van der Waals surface area (Å²) in [5.41, 5.74) is 2.27. The zero-order valence-electron chi connectivity index (χ0n) is 14.7. The number of nitriles is 1. The van der Waals surface area contributed by atoms with Crippen LogP contribution in [0, 0.1) is 18.3 Å². The van der Waals surface area contributed by atoms with Crippen LogP contribution in [-0.4, -0.2) is 32.5 Å². The number of aromatic nitrogens is 2. The molecule has 26 heavy (non-hydrogen) atoms.